The third-order valence-corrected chi connectivity index (χ3v) is 2.81. The Balaban J connectivity index is 3.32. The second-order valence-electron chi connectivity index (χ2n) is 3.32. The van der Waals surface area contributed by atoms with Crippen molar-refractivity contribution in [2.45, 2.75) is 25.9 Å². The lowest BCUT2D eigenvalue weighted by atomic mass is 10.4. The molecule has 1 unspecified atom stereocenters. The minimum absolute atomic E-state index is 0.0220. The Morgan fingerprint density at radius 1 is 1.60 bits per heavy atom. The van der Waals surface area contributed by atoms with Crippen molar-refractivity contribution in [1.82, 2.24) is 5.32 Å². The number of aliphatic hydroxyl groups is 1. The highest BCUT2D eigenvalue weighted by Gasteiger charge is 2.06. The quantitative estimate of drug-likeness (QED) is 0.576. The summed E-state index contributed by atoms with van der Waals surface area (Å²) >= 11 is 1.63. The number of amides is 1. The van der Waals surface area contributed by atoms with Gasteiger partial charge in [-0.25, -0.2) is 0 Å². The average Bonchev–Trinajstić information content (AvgIpc) is 2.22. The molecule has 4 nitrogen and oxygen atoms in total. The van der Waals surface area contributed by atoms with Gasteiger partial charge in [0, 0.05) is 13.7 Å². The van der Waals surface area contributed by atoms with Gasteiger partial charge in [0.15, 0.2) is 0 Å². The Kier molecular flexibility index (Phi) is 10.1. The third-order valence-electron chi connectivity index (χ3n) is 1.77. The molecular weight excluding hydrogens is 214 g/mol. The number of ether oxygens (including phenoxy) is 1. The number of rotatable bonds is 9. The first-order chi connectivity index (χ1) is 7.20. The molecule has 0 saturated heterocycles. The molecule has 0 heterocycles. The summed E-state index contributed by atoms with van der Waals surface area (Å²) in [6, 6.07) is 0. The van der Waals surface area contributed by atoms with E-state index in [9.17, 15) is 9.90 Å². The molecule has 1 atom stereocenters. The van der Waals surface area contributed by atoms with Crippen molar-refractivity contribution >= 4 is 17.7 Å². The van der Waals surface area contributed by atoms with Crippen LogP contribution in [0.4, 0.5) is 0 Å². The lowest BCUT2D eigenvalue weighted by Gasteiger charge is -2.10. The van der Waals surface area contributed by atoms with Crippen LogP contribution in [-0.2, 0) is 9.53 Å². The number of hydrogen-bond donors (Lipinski definition) is 2. The number of methoxy groups -OCH3 is 1. The molecule has 0 aromatic heterocycles. The number of thioether (sulfide) groups is 1. The van der Waals surface area contributed by atoms with Gasteiger partial charge in [0.2, 0.25) is 5.91 Å². The number of hydrogen-bond acceptors (Lipinski definition) is 4. The van der Waals surface area contributed by atoms with Gasteiger partial charge < -0.3 is 15.2 Å². The van der Waals surface area contributed by atoms with Crippen LogP contribution >= 0.6 is 11.8 Å². The zero-order valence-corrected chi connectivity index (χ0v) is 10.3. The van der Waals surface area contributed by atoms with Crippen LogP contribution < -0.4 is 5.32 Å². The molecule has 0 saturated carbocycles. The second-order valence-corrected chi connectivity index (χ2v) is 4.42. The topological polar surface area (TPSA) is 58.6 Å². The van der Waals surface area contributed by atoms with Crippen LogP contribution in [-0.4, -0.2) is 48.9 Å². The van der Waals surface area contributed by atoms with Crippen LogP contribution in [0.5, 0.6) is 0 Å². The Morgan fingerprint density at radius 2 is 2.33 bits per heavy atom. The highest BCUT2D eigenvalue weighted by Crippen LogP contribution is 2.03. The molecule has 5 heteroatoms. The van der Waals surface area contributed by atoms with Gasteiger partial charge in [-0.15, -0.1) is 0 Å². The van der Waals surface area contributed by atoms with Crippen LogP contribution in [0.2, 0.25) is 0 Å². The van der Waals surface area contributed by atoms with Gasteiger partial charge in [-0.1, -0.05) is 13.3 Å². The number of aliphatic hydroxyl groups excluding tert-OH is 1. The first kappa shape index (κ1) is 14.7. The van der Waals surface area contributed by atoms with Crippen LogP contribution in [0.1, 0.15) is 19.8 Å². The van der Waals surface area contributed by atoms with Crippen LogP contribution in [0.25, 0.3) is 0 Å². The van der Waals surface area contributed by atoms with E-state index in [0.717, 1.165) is 18.6 Å². The zero-order chi connectivity index (χ0) is 11.5. The van der Waals surface area contributed by atoms with Gasteiger partial charge in [-0.3, -0.25) is 4.79 Å². The summed E-state index contributed by atoms with van der Waals surface area (Å²) in [5.41, 5.74) is 0. The first-order valence-corrected chi connectivity index (χ1v) is 6.37. The minimum Gasteiger partial charge on any atom is -0.389 e. The molecule has 0 radical (unpaired) electrons. The monoisotopic (exact) mass is 235 g/mol. The van der Waals surface area contributed by atoms with E-state index in [0.29, 0.717) is 5.75 Å². The fourth-order valence-corrected chi connectivity index (χ4v) is 1.87. The maximum absolute atomic E-state index is 11.2. The highest BCUT2D eigenvalue weighted by molar-refractivity contribution is 7.99. The van der Waals surface area contributed by atoms with Crippen molar-refractivity contribution in [2.24, 2.45) is 0 Å². The van der Waals surface area contributed by atoms with Crippen LogP contribution in [0.3, 0.4) is 0 Å². The molecule has 0 aliphatic rings. The molecule has 0 bridgehead atoms. The van der Waals surface area contributed by atoms with E-state index in [4.69, 9.17) is 4.74 Å². The Morgan fingerprint density at radius 3 is 2.93 bits per heavy atom. The average molecular weight is 235 g/mol. The molecule has 0 aromatic carbocycles. The van der Waals surface area contributed by atoms with Crippen molar-refractivity contribution in [2.75, 3.05) is 31.8 Å². The normalized spacial score (nSPS) is 12.5. The smallest absolute Gasteiger partial charge is 0.230 e. The predicted molar refractivity (Wildman–Crippen MR) is 63.1 cm³/mol. The minimum atomic E-state index is -0.611. The summed E-state index contributed by atoms with van der Waals surface area (Å²) < 4.78 is 4.74. The van der Waals surface area contributed by atoms with E-state index in [2.05, 4.69) is 12.2 Å². The molecule has 1 amide bonds. The van der Waals surface area contributed by atoms with E-state index in [1.807, 2.05) is 0 Å². The molecule has 0 aliphatic heterocycles. The maximum Gasteiger partial charge on any atom is 0.230 e. The molecule has 0 spiro atoms. The molecule has 0 rings (SSSR count). The summed E-state index contributed by atoms with van der Waals surface area (Å²) in [7, 11) is 1.52. The lowest BCUT2D eigenvalue weighted by Crippen LogP contribution is -2.35. The summed E-state index contributed by atoms with van der Waals surface area (Å²) in [5.74, 6) is 1.47. The van der Waals surface area contributed by atoms with Crippen LogP contribution in [0, 0.1) is 0 Å². The largest absolute Gasteiger partial charge is 0.389 e. The Labute approximate surface area is 95.8 Å². The molecule has 90 valence electrons. The number of nitrogens with one attached hydrogen (secondary N) is 1. The van der Waals surface area contributed by atoms with Crippen LogP contribution in [0.15, 0.2) is 0 Å². The summed E-state index contributed by atoms with van der Waals surface area (Å²) in [5, 5.41) is 11.9. The molecule has 0 aromatic rings. The summed E-state index contributed by atoms with van der Waals surface area (Å²) in [6.07, 6.45) is 1.69. The number of unbranched alkanes of at least 4 members (excludes halogenated alkanes) is 1. The Bertz CT molecular complexity index is 167. The zero-order valence-electron chi connectivity index (χ0n) is 9.49. The third kappa shape index (κ3) is 10.0. The van der Waals surface area contributed by atoms with Gasteiger partial charge >= 0.3 is 0 Å². The SMILES string of the molecule is CCCCSCC(=O)NCC(O)COC. The standard InChI is InChI=1S/C10H21NO3S/c1-3-4-5-15-8-10(13)11-6-9(12)7-14-2/h9,12H,3-8H2,1-2H3,(H,11,13). The van der Waals surface area contributed by atoms with Crippen molar-refractivity contribution < 1.29 is 14.6 Å². The van der Waals surface area contributed by atoms with Crippen molar-refractivity contribution in [3.63, 3.8) is 0 Å². The summed E-state index contributed by atoms with van der Waals surface area (Å²) in [6.45, 7) is 2.64. The highest BCUT2D eigenvalue weighted by atomic mass is 32.2. The van der Waals surface area contributed by atoms with Gasteiger partial charge in [-0.05, 0) is 12.2 Å². The first-order valence-electron chi connectivity index (χ1n) is 5.22. The van der Waals surface area contributed by atoms with Gasteiger partial charge in [0.05, 0.1) is 18.5 Å². The molecular formula is C10H21NO3S. The predicted octanol–water partition coefficient (Wildman–Crippen LogP) is 0.643. The number of carbonyl (C=O) groups is 1. The molecule has 0 aliphatic carbocycles. The van der Waals surface area contributed by atoms with Crippen molar-refractivity contribution in [3.05, 3.63) is 0 Å². The maximum atomic E-state index is 11.2. The fourth-order valence-electron chi connectivity index (χ4n) is 0.945. The summed E-state index contributed by atoms with van der Waals surface area (Å²) in [4.78, 5) is 11.2. The van der Waals surface area contributed by atoms with E-state index in [1.54, 1.807) is 11.8 Å². The van der Waals surface area contributed by atoms with Crippen molar-refractivity contribution in [3.8, 4) is 0 Å². The molecule has 2 N–H and O–H groups in total. The lowest BCUT2D eigenvalue weighted by molar-refractivity contribution is -0.119. The fraction of sp³-hybridized carbons (Fsp3) is 0.900. The van der Waals surface area contributed by atoms with E-state index >= 15 is 0 Å². The Hall–Kier alpha value is -0.260. The van der Waals surface area contributed by atoms with E-state index in [1.165, 1.54) is 7.11 Å². The second kappa shape index (κ2) is 10.3. The molecule has 0 fully saturated rings. The van der Waals surface area contributed by atoms with E-state index in [-0.39, 0.29) is 19.1 Å². The van der Waals surface area contributed by atoms with Gasteiger partial charge in [-0.2, -0.15) is 11.8 Å². The van der Waals surface area contributed by atoms with E-state index < -0.39 is 6.10 Å². The van der Waals surface area contributed by atoms with Gasteiger partial charge in [0.1, 0.15) is 0 Å². The van der Waals surface area contributed by atoms with Gasteiger partial charge in [0.25, 0.3) is 0 Å². The number of carbonyl (C=O) groups excluding carboxylic acids is 1. The van der Waals surface area contributed by atoms with Crippen molar-refractivity contribution in [1.29, 1.82) is 0 Å². The molecule has 15 heavy (non-hydrogen) atoms.